The number of ether oxygens (including phenoxy) is 1. The van der Waals surface area contributed by atoms with Gasteiger partial charge in [0.15, 0.2) is 6.61 Å². The maximum absolute atomic E-state index is 13.0. The third kappa shape index (κ3) is 6.22. The Morgan fingerprint density at radius 3 is 2.37 bits per heavy atom. The molecule has 1 aliphatic rings. The molecule has 150 valence electrons. The molecule has 0 unspecified atom stereocenters. The first-order valence-corrected chi connectivity index (χ1v) is 8.95. The van der Waals surface area contributed by atoms with Crippen LogP contribution in [0.5, 0.6) is 0 Å². The van der Waals surface area contributed by atoms with Crippen LogP contribution >= 0.6 is 0 Å². The van der Waals surface area contributed by atoms with Crippen molar-refractivity contribution in [3.05, 3.63) is 35.9 Å². The lowest BCUT2D eigenvalue weighted by Gasteiger charge is -2.29. The second kappa shape index (κ2) is 9.71. The number of benzene rings is 1. The summed E-state index contributed by atoms with van der Waals surface area (Å²) < 4.78 is 54.7. The van der Waals surface area contributed by atoms with Gasteiger partial charge in [-0.25, -0.2) is 8.78 Å². The van der Waals surface area contributed by atoms with Crippen molar-refractivity contribution < 1.29 is 31.9 Å². The highest BCUT2D eigenvalue weighted by atomic mass is 19.3. The molecule has 4 nitrogen and oxygen atoms in total. The van der Waals surface area contributed by atoms with Crippen molar-refractivity contribution in [1.29, 1.82) is 0 Å². The van der Waals surface area contributed by atoms with Gasteiger partial charge in [-0.05, 0) is 24.8 Å². The molecule has 1 aromatic carbocycles. The van der Waals surface area contributed by atoms with Gasteiger partial charge in [0.25, 0.3) is 0 Å². The minimum Gasteiger partial charge on any atom is -0.459 e. The van der Waals surface area contributed by atoms with Crippen LogP contribution in [0.3, 0.4) is 0 Å². The molecule has 0 bridgehead atoms. The van der Waals surface area contributed by atoms with E-state index in [9.17, 15) is 27.2 Å². The minimum absolute atomic E-state index is 0.315. The van der Waals surface area contributed by atoms with E-state index in [2.05, 4.69) is 10.1 Å². The summed E-state index contributed by atoms with van der Waals surface area (Å²) in [5.74, 6) is -7.32. The van der Waals surface area contributed by atoms with E-state index in [1.165, 1.54) is 0 Å². The number of esters is 1. The van der Waals surface area contributed by atoms with E-state index in [-0.39, 0.29) is 5.91 Å². The van der Waals surface area contributed by atoms with E-state index in [1.54, 1.807) is 0 Å². The highest BCUT2D eigenvalue weighted by molar-refractivity contribution is 5.85. The van der Waals surface area contributed by atoms with Crippen LogP contribution in [0.15, 0.2) is 30.3 Å². The van der Waals surface area contributed by atoms with Gasteiger partial charge in [0.2, 0.25) is 5.91 Å². The van der Waals surface area contributed by atoms with Crippen LogP contribution in [-0.2, 0) is 20.7 Å². The number of halogens is 4. The Labute approximate surface area is 155 Å². The molecule has 0 spiro atoms. The predicted octanol–water partition coefficient (Wildman–Crippen LogP) is 3.60. The summed E-state index contributed by atoms with van der Waals surface area (Å²) in [5, 5.41) is 2.76. The number of amides is 1. The van der Waals surface area contributed by atoms with E-state index >= 15 is 0 Å². The van der Waals surface area contributed by atoms with E-state index in [0.717, 1.165) is 12.0 Å². The standard InChI is InChI=1S/C19H23F4NO3/c20-18(21)19(22,23)12-27-17(26)15-9-5-4-8-14(15)16(25)24-11-10-13-6-2-1-3-7-13/h1-3,6-7,14-15,18H,4-5,8-12H2,(H,24,25)/t14-,15+/m0/s1. The maximum Gasteiger partial charge on any atom is 0.340 e. The molecule has 1 aromatic rings. The summed E-state index contributed by atoms with van der Waals surface area (Å²) in [7, 11) is 0. The van der Waals surface area contributed by atoms with Crippen LogP contribution in [0.1, 0.15) is 31.2 Å². The summed E-state index contributed by atoms with van der Waals surface area (Å²) in [6, 6.07) is 9.52. The molecule has 0 saturated heterocycles. The molecule has 1 saturated carbocycles. The van der Waals surface area contributed by atoms with Crippen LogP contribution in [0.2, 0.25) is 0 Å². The van der Waals surface area contributed by atoms with E-state index < -0.39 is 36.8 Å². The Hall–Kier alpha value is -2.12. The summed E-state index contributed by atoms with van der Waals surface area (Å²) >= 11 is 0. The molecule has 2 rings (SSSR count). The third-order valence-electron chi connectivity index (χ3n) is 4.69. The first-order chi connectivity index (χ1) is 12.8. The lowest BCUT2D eigenvalue weighted by atomic mass is 9.78. The topological polar surface area (TPSA) is 55.4 Å². The van der Waals surface area contributed by atoms with Crippen LogP contribution in [0, 0.1) is 11.8 Å². The van der Waals surface area contributed by atoms with Crippen molar-refractivity contribution >= 4 is 11.9 Å². The third-order valence-corrected chi connectivity index (χ3v) is 4.69. The van der Waals surface area contributed by atoms with E-state index in [1.807, 2.05) is 30.3 Å². The quantitative estimate of drug-likeness (QED) is 0.546. The van der Waals surface area contributed by atoms with E-state index in [4.69, 9.17) is 0 Å². The number of hydrogen-bond acceptors (Lipinski definition) is 3. The molecule has 0 heterocycles. The van der Waals surface area contributed by atoms with Crippen molar-refractivity contribution in [2.45, 2.75) is 44.5 Å². The summed E-state index contributed by atoms with van der Waals surface area (Å²) in [4.78, 5) is 24.5. The molecule has 8 heteroatoms. The summed E-state index contributed by atoms with van der Waals surface area (Å²) in [6.45, 7) is -1.30. The van der Waals surface area contributed by atoms with Crippen LogP contribution < -0.4 is 5.32 Å². The van der Waals surface area contributed by atoms with Gasteiger partial charge in [-0.15, -0.1) is 0 Å². The Balaban J connectivity index is 1.87. The molecule has 2 atom stereocenters. The molecule has 1 amide bonds. The van der Waals surface area contributed by atoms with Crippen molar-refractivity contribution in [3.63, 3.8) is 0 Å². The number of hydrogen-bond donors (Lipinski definition) is 1. The van der Waals surface area contributed by atoms with Gasteiger partial charge in [-0.1, -0.05) is 43.2 Å². The lowest BCUT2D eigenvalue weighted by Crippen LogP contribution is -2.42. The second-order valence-electron chi connectivity index (χ2n) is 6.69. The Bertz CT molecular complexity index is 625. The minimum atomic E-state index is -4.39. The average Bonchev–Trinajstić information content (AvgIpc) is 2.66. The van der Waals surface area contributed by atoms with Gasteiger partial charge < -0.3 is 10.1 Å². The van der Waals surface area contributed by atoms with Crippen LogP contribution in [0.25, 0.3) is 0 Å². The highest BCUT2D eigenvalue weighted by Gasteiger charge is 2.44. The number of nitrogens with one attached hydrogen (secondary N) is 1. The molecular formula is C19H23F4NO3. The van der Waals surface area contributed by atoms with Gasteiger partial charge in [0.05, 0.1) is 11.8 Å². The largest absolute Gasteiger partial charge is 0.459 e. The lowest BCUT2D eigenvalue weighted by molar-refractivity contribution is -0.185. The first kappa shape index (κ1) is 21.2. The van der Waals surface area contributed by atoms with Crippen molar-refractivity contribution in [2.24, 2.45) is 11.8 Å². The van der Waals surface area contributed by atoms with Crippen molar-refractivity contribution in [1.82, 2.24) is 5.32 Å². The van der Waals surface area contributed by atoms with Gasteiger partial charge >= 0.3 is 18.3 Å². The normalized spacial score (nSPS) is 20.3. The van der Waals surface area contributed by atoms with Crippen LogP contribution in [0.4, 0.5) is 17.6 Å². The molecule has 1 aliphatic carbocycles. The maximum atomic E-state index is 13.0. The second-order valence-corrected chi connectivity index (χ2v) is 6.69. The molecule has 0 aliphatic heterocycles. The zero-order valence-electron chi connectivity index (χ0n) is 14.8. The van der Waals surface area contributed by atoms with Gasteiger partial charge in [0, 0.05) is 6.54 Å². The molecule has 27 heavy (non-hydrogen) atoms. The number of carbonyl (C=O) groups is 2. The fourth-order valence-electron chi connectivity index (χ4n) is 3.17. The monoisotopic (exact) mass is 389 g/mol. The Kier molecular flexibility index (Phi) is 7.62. The Morgan fingerprint density at radius 1 is 1.11 bits per heavy atom. The van der Waals surface area contributed by atoms with Crippen molar-refractivity contribution in [3.8, 4) is 0 Å². The molecule has 0 aromatic heterocycles. The SMILES string of the molecule is O=C(NCCc1ccccc1)[C@H]1CCCC[C@H]1C(=O)OCC(F)(F)C(F)F. The fraction of sp³-hybridized carbons (Fsp3) is 0.579. The van der Waals surface area contributed by atoms with Gasteiger partial charge in [-0.3, -0.25) is 9.59 Å². The number of carbonyl (C=O) groups excluding carboxylic acids is 2. The van der Waals surface area contributed by atoms with Gasteiger partial charge in [0.1, 0.15) is 0 Å². The van der Waals surface area contributed by atoms with Gasteiger partial charge in [-0.2, -0.15) is 8.78 Å². The molecule has 0 radical (unpaired) electrons. The predicted molar refractivity (Wildman–Crippen MR) is 90.5 cm³/mol. The average molecular weight is 389 g/mol. The first-order valence-electron chi connectivity index (χ1n) is 8.95. The molecule has 1 N–H and O–H groups in total. The zero-order valence-corrected chi connectivity index (χ0v) is 14.8. The van der Waals surface area contributed by atoms with Crippen molar-refractivity contribution in [2.75, 3.05) is 13.2 Å². The number of rotatable bonds is 8. The Morgan fingerprint density at radius 2 is 1.74 bits per heavy atom. The smallest absolute Gasteiger partial charge is 0.340 e. The molecular weight excluding hydrogens is 366 g/mol. The highest BCUT2D eigenvalue weighted by Crippen LogP contribution is 2.32. The fourth-order valence-corrected chi connectivity index (χ4v) is 3.17. The molecule has 1 fully saturated rings. The summed E-state index contributed by atoms with van der Waals surface area (Å²) in [5.41, 5.74) is 1.05. The summed E-state index contributed by atoms with van der Waals surface area (Å²) in [6.07, 6.45) is -1.16. The zero-order chi connectivity index (χ0) is 19.9. The van der Waals surface area contributed by atoms with Crippen LogP contribution in [-0.4, -0.2) is 37.4 Å². The number of alkyl halides is 4. The van der Waals surface area contributed by atoms with E-state index in [0.29, 0.717) is 32.2 Å².